The van der Waals surface area contributed by atoms with Gasteiger partial charge in [-0.2, -0.15) is 0 Å². The molecule has 0 spiro atoms. The zero-order valence-corrected chi connectivity index (χ0v) is 11.1. The molecular formula is C16H22O2. The fourth-order valence-electron chi connectivity index (χ4n) is 2.22. The highest BCUT2D eigenvalue weighted by atomic mass is 16.5. The van der Waals surface area contributed by atoms with E-state index in [1.54, 1.807) is 0 Å². The van der Waals surface area contributed by atoms with Gasteiger partial charge in [0.1, 0.15) is 0 Å². The van der Waals surface area contributed by atoms with Gasteiger partial charge in [0.2, 0.25) is 0 Å². The Hall–Kier alpha value is -1.28. The van der Waals surface area contributed by atoms with Gasteiger partial charge in [0.05, 0.1) is 19.0 Å². The Morgan fingerprint density at radius 1 is 1.39 bits per heavy atom. The summed E-state index contributed by atoms with van der Waals surface area (Å²) >= 11 is 0. The maximum Gasteiger partial charge on any atom is 0.0874 e. The lowest BCUT2D eigenvalue weighted by Crippen LogP contribution is -2.05. The van der Waals surface area contributed by atoms with Gasteiger partial charge >= 0.3 is 0 Å². The molecule has 0 N–H and O–H groups in total. The van der Waals surface area contributed by atoms with Crippen LogP contribution in [0.2, 0.25) is 0 Å². The molecule has 2 rings (SSSR count). The average molecular weight is 246 g/mol. The first-order valence-electron chi connectivity index (χ1n) is 6.81. The van der Waals surface area contributed by atoms with Crippen LogP contribution in [0.5, 0.6) is 0 Å². The maximum atomic E-state index is 5.59. The lowest BCUT2D eigenvalue weighted by molar-refractivity contribution is 0.0955. The van der Waals surface area contributed by atoms with E-state index in [1.165, 1.54) is 24.0 Å². The first-order chi connectivity index (χ1) is 8.86. The SMILES string of the molecule is C/C(=C/OCCCC1CCCO1)c1ccccc1. The lowest BCUT2D eigenvalue weighted by atomic mass is 10.1. The highest BCUT2D eigenvalue weighted by Gasteiger charge is 2.14. The van der Waals surface area contributed by atoms with Crippen LogP contribution in [0.3, 0.4) is 0 Å². The van der Waals surface area contributed by atoms with Crippen LogP contribution in [0, 0.1) is 0 Å². The Morgan fingerprint density at radius 3 is 2.94 bits per heavy atom. The summed E-state index contributed by atoms with van der Waals surface area (Å²) in [5.41, 5.74) is 2.39. The van der Waals surface area contributed by atoms with Gasteiger partial charge in [-0.1, -0.05) is 30.3 Å². The molecule has 1 unspecified atom stereocenters. The Labute approximate surface area is 110 Å². The van der Waals surface area contributed by atoms with Gasteiger partial charge in [0, 0.05) is 6.61 Å². The van der Waals surface area contributed by atoms with Crippen LogP contribution in [0.15, 0.2) is 36.6 Å². The van der Waals surface area contributed by atoms with Crippen molar-refractivity contribution in [2.45, 2.75) is 38.7 Å². The van der Waals surface area contributed by atoms with Crippen molar-refractivity contribution in [3.05, 3.63) is 42.2 Å². The number of hydrogen-bond acceptors (Lipinski definition) is 2. The summed E-state index contributed by atoms with van der Waals surface area (Å²) in [6, 6.07) is 10.3. The monoisotopic (exact) mass is 246 g/mol. The van der Waals surface area contributed by atoms with Crippen LogP contribution in [0.4, 0.5) is 0 Å². The van der Waals surface area contributed by atoms with E-state index < -0.39 is 0 Å². The second-order valence-corrected chi connectivity index (χ2v) is 4.81. The van der Waals surface area contributed by atoms with E-state index in [1.807, 2.05) is 24.5 Å². The van der Waals surface area contributed by atoms with Crippen LogP contribution >= 0.6 is 0 Å². The molecule has 0 aromatic heterocycles. The van der Waals surface area contributed by atoms with Crippen LogP contribution in [-0.2, 0) is 9.47 Å². The van der Waals surface area contributed by atoms with Gasteiger partial charge in [-0.3, -0.25) is 0 Å². The minimum absolute atomic E-state index is 0.479. The summed E-state index contributed by atoms with van der Waals surface area (Å²) in [6.07, 6.45) is 6.98. The minimum Gasteiger partial charge on any atom is -0.501 e. The van der Waals surface area contributed by atoms with Gasteiger partial charge in [0.15, 0.2) is 0 Å². The first-order valence-corrected chi connectivity index (χ1v) is 6.81. The fraction of sp³-hybridized carbons (Fsp3) is 0.500. The van der Waals surface area contributed by atoms with Crippen molar-refractivity contribution in [1.29, 1.82) is 0 Å². The molecule has 1 heterocycles. The van der Waals surface area contributed by atoms with Crippen LogP contribution in [0.1, 0.15) is 38.2 Å². The summed E-state index contributed by atoms with van der Waals surface area (Å²) in [5, 5.41) is 0. The molecule has 2 heteroatoms. The van der Waals surface area contributed by atoms with Crippen molar-refractivity contribution >= 4 is 5.57 Å². The quantitative estimate of drug-likeness (QED) is 0.557. The van der Waals surface area contributed by atoms with Crippen molar-refractivity contribution in [3.63, 3.8) is 0 Å². The molecule has 1 aliphatic rings. The molecule has 2 nitrogen and oxygen atoms in total. The van der Waals surface area contributed by atoms with E-state index in [9.17, 15) is 0 Å². The first kappa shape index (κ1) is 13.2. The second-order valence-electron chi connectivity index (χ2n) is 4.81. The third-order valence-corrected chi connectivity index (χ3v) is 3.30. The van der Waals surface area contributed by atoms with E-state index in [2.05, 4.69) is 19.1 Å². The maximum absolute atomic E-state index is 5.59. The molecular weight excluding hydrogens is 224 g/mol. The molecule has 1 fully saturated rings. The molecule has 0 saturated carbocycles. The number of benzene rings is 1. The number of ether oxygens (including phenoxy) is 2. The molecule has 0 radical (unpaired) electrons. The number of hydrogen-bond donors (Lipinski definition) is 0. The van der Waals surface area contributed by atoms with Crippen LogP contribution in [0.25, 0.3) is 5.57 Å². The molecule has 0 amide bonds. The summed E-state index contributed by atoms with van der Waals surface area (Å²) in [5.74, 6) is 0. The topological polar surface area (TPSA) is 18.5 Å². The number of allylic oxidation sites excluding steroid dienone is 1. The van der Waals surface area contributed by atoms with Crippen molar-refractivity contribution in [3.8, 4) is 0 Å². The predicted molar refractivity (Wildman–Crippen MR) is 74.3 cm³/mol. The molecule has 1 aromatic rings. The van der Waals surface area contributed by atoms with Gasteiger partial charge in [-0.15, -0.1) is 0 Å². The Kier molecular flexibility index (Phi) is 5.28. The van der Waals surface area contributed by atoms with Crippen molar-refractivity contribution < 1.29 is 9.47 Å². The Balaban J connectivity index is 1.64. The third kappa shape index (κ3) is 4.19. The highest BCUT2D eigenvalue weighted by molar-refractivity contribution is 5.62. The summed E-state index contributed by atoms with van der Waals surface area (Å²) in [7, 11) is 0. The van der Waals surface area contributed by atoms with E-state index in [0.717, 1.165) is 26.1 Å². The summed E-state index contributed by atoms with van der Waals surface area (Å²) < 4.78 is 11.2. The van der Waals surface area contributed by atoms with Gasteiger partial charge in [-0.25, -0.2) is 0 Å². The second kappa shape index (κ2) is 7.22. The Morgan fingerprint density at radius 2 is 2.22 bits per heavy atom. The van der Waals surface area contributed by atoms with E-state index in [4.69, 9.17) is 9.47 Å². The highest BCUT2D eigenvalue weighted by Crippen LogP contribution is 2.17. The lowest BCUT2D eigenvalue weighted by Gasteiger charge is -2.08. The summed E-state index contributed by atoms with van der Waals surface area (Å²) in [6.45, 7) is 3.80. The molecule has 1 saturated heterocycles. The predicted octanol–water partition coefficient (Wildman–Crippen LogP) is 4.02. The molecule has 1 atom stereocenters. The van der Waals surface area contributed by atoms with Gasteiger partial charge in [0.25, 0.3) is 0 Å². The van der Waals surface area contributed by atoms with Crippen LogP contribution < -0.4 is 0 Å². The fourth-order valence-corrected chi connectivity index (χ4v) is 2.22. The largest absolute Gasteiger partial charge is 0.501 e. The zero-order chi connectivity index (χ0) is 12.6. The molecule has 1 aromatic carbocycles. The van der Waals surface area contributed by atoms with Crippen molar-refractivity contribution in [2.75, 3.05) is 13.2 Å². The third-order valence-electron chi connectivity index (χ3n) is 3.30. The summed E-state index contributed by atoms with van der Waals surface area (Å²) in [4.78, 5) is 0. The van der Waals surface area contributed by atoms with Gasteiger partial charge < -0.3 is 9.47 Å². The smallest absolute Gasteiger partial charge is 0.0874 e. The van der Waals surface area contributed by atoms with Crippen LogP contribution in [-0.4, -0.2) is 19.3 Å². The molecule has 0 aliphatic carbocycles. The molecule has 98 valence electrons. The minimum atomic E-state index is 0.479. The molecule has 0 bridgehead atoms. The van der Waals surface area contributed by atoms with Crippen molar-refractivity contribution in [2.24, 2.45) is 0 Å². The van der Waals surface area contributed by atoms with E-state index in [0.29, 0.717) is 6.10 Å². The van der Waals surface area contributed by atoms with E-state index in [-0.39, 0.29) is 0 Å². The van der Waals surface area contributed by atoms with Crippen molar-refractivity contribution in [1.82, 2.24) is 0 Å². The number of rotatable bonds is 6. The molecule has 18 heavy (non-hydrogen) atoms. The normalized spacial score (nSPS) is 20.1. The van der Waals surface area contributed by atoms with Gasteiger partial charge in [-0.05, 0) is 43.7 Å². The standard InChI is InChI=1S/C16H22O2/c1-14(15-7-3-2-4-8-15)13-17-11-5-9-16-10-6-12-18-16/h2-4,7-8,13,16H,5-6,9-12H2,1H3/b14-13-. The average Bonchev–Trinajstić information content (AvgIpc) is 2.92. The Bertz CT molecular complexity index is 364. The zero-order valence-electron chi connectivity index (χ0n) is 11.1. The van der Waals surface area contributed by atoms with E-state index >= 15 is 0 Å². The molecule has 1 aliphatic heterocycles.